The van der Waals surface area contributed by atoms with E-state index in [0.29, 0.717) is 13.2 Å². The highest BCUT2D eigenvalue weighted by Gasteiger charge is 2.41. The van der Waals surface area contributed by atoms with Crippen molar-refractivity contribution in [2.24, 2.45) is 5.41 Å². The maximum Gasteiger partial charge on any atom is 0.305 e. The van der Waals surface area contributed by atoms with Crippen LogP contribution in [0.2, 0.25) is 0 Å². The van der Waals surface area contributed by atoms with E-state index in [1.807, 2.05) is 37.3 Å². The smallest absolute Gasteiger partial charge is 0.305 e. The molecule has 1 aromatic rings. The molecule has 0 bridgehead atoms. The maximum absolute atomic E-state index is 12.1. The third kappa shape index (κ3) is 3.12. The van der Waals surface area contributed by atoms with Crippen LogP contribution in [0.3, 0.4) is 0 Å². The monoisotopic (exact) mass is 263 g/mol. The molecule has 1 fully saturated rings. The lowest BCUT2D eigenvalue weighted by molar-refractivity contribution is -0.158. The number of carboxylic acids is 1. The minimum absolute atomic E-state index is 0.132. The van der Waals surface area contributed by atoms with Gasteiger partial charge in [-0.1, -0.05) is 30.3 Å². The molecule has 0 spiro atoms. The average Bonchev–Trinajstić information content (AvgIpc) is 2.35. The van der Waals surface area contributed by atoms with Gasteiger partial charge >= 0.3 is 5.97 Å². The van der Waals surface area contributed by atoms with Crippen LogP contribution in [0.1, 0.15) is 24.9 Å². The fourth-order valence-corrected chi connectivity index (χ4v) is 1.98. The normalized spacial score (nSPS) is 18.2. The van der Waals surface area contributed by atoms with E-state index in [1.165, 1.54) is 0 Å². The van der Waals surface area contributed by atoms with Crippen LogP contribution in [0.15, 0.2) is 30.3 Å². The molecular formula is C14H17NO4. The van der Waals surface area contributed by atoms with E-state index < -0.39 is 17.4 Å². The Morgan fingerprint density at radius 3 is 2.47 bits per heavy atom. The van der Waals surface area contributed by atoms with Crippen LogP contribution in [-0.2, 0) is 14.3 Å². The lowest BCUT2D eigenvalue weighted by Gasteiger charge is -2.37. The van der Waals surface area contributed by atoms with Crippen LogP contribution < -0.4 is 5.32 Å². The Kier molecular flexibility index (Phi) is 3.85. The molecule has 0 saturated carbocycles. The molecule has 0 aromatic heterocycles. The summed E-state index contributed by atoms with van der Waals surface area (Å²) in [7, 11) is 0. The van der Waals surface area contributed by atoms with Crippen molar-refractivity contribution in [3.63, 3.8) is 0 Å². The molecule has 0 radical (unpaired) electrons. The van der Waals surface area contributed by atoms with Crippen molar-refractivity contribution in [3.8, 4) is 0 Å². The number of rotatable bonds is 5. The number of carbonyl (C=O) groups is 2. The van der Waals surface area contributed by atoms with Crippen LogP contribution in [0.25, 0.3) is 0 Å². The number of benzene rings is 1. The van der Waals surface area contributed by atoms with Crippen LogP contribution >= 0.6 is 0 Å². The van der Waals surface area contributed by atoms with E-state index in [1.54, 1.807) is 0 Å². The van der Waals surface area contributed by atoms with Crippen LogP contribution in [-0.4, -0.2) is 30.2 Å². The Morgan fingerprint density at radius 1 is 1.37 bits per heavy atom. The summed E-state index contributed by atoms with van der Waals surface area (Å²) in [6.45, 7) is 2.58. The molecule has 0 aliphatic carbocycles. The molecule has 2 rings (SSSR count). The minimum Gasteiger partial charge on any atom is -0.481 e. The first-order valence-electron chi connectivity index (χ1n) is 6.17. The SMILES string of the molecule is CC1(C(=O)N[C@H](CC(=O)O)c2ccccc2)COC1. The predicted molar refractivity (Wildman–Crippen MR) is 68.5 cm³/mol. The van der Waals surface area contributed by atoms with Gasteiger partial charge in [-0.15, -0.1) is 0 Å². The summed E-state index contributed by atoms with van der Waals surface area (Å²) < 4.78 is 5.05. The van der Waals surface area contributed by atoms with Crippen LogP contribution in [0, 0.1) is 5.41 Å². The van der Waals surface area contributed by atoms with Gasteiger partial charge in [-0.3, -0.25) is 9.59 Å². The van der Waals surface area contributed by atoms with E-state index in [9.17, 15) is 9.59 Å². The van der Waals surface area contributed by atoms with Crippen LogP contribution in [0.5, 0.6) is 0 Å². The summed E-state index contributed by atoms with van der Waals surface area (Å²) in [6.07, 6.45) is -0.132. The fraction of sp³-hybridized carbons (Fsp3) is 0.429. The summed E-state index contributed by atoms with van der Waals surface area (Å²) in [5.41, 5.74) is 0.257. The van der Waals surface area contributed by atoms with Gasteiger partial charge < -0.3 is 15.2 Å². The van der Waals surface area contributed by atoms with Crippen molar-refractivity contribution in [1.29, 1.82) is 0 Å². The lowest BCUT2D eigenvalue weighted by Crippen LogP contribution is -2.52. The van der Waals surface area contributed by atoms with Gasteiger partial charge in [-0.05, 0) is 12.5 Å². The van der Waals surface area contributed by atoms with E-state index in [4.69, 9.17) is 9.84 Å². The number of hydrogen-bond donors (Lipinski definition) is 2. The third-order valence-corrected chi connectivity index (χ3v) is 3.28. The van der Waals surface area contributed by atoms with E-state index in [-0.39, 0.29) is 12.3 Å². The van der Waals surface area contributed by atoms with Crippen molar-refractivity contribution in [1.82, 2.24) is 5.32 Å². The molecule has 1 atom stereocenters. The average molecular weight is 263 g/mol. The standard InChI is InChI=1S/C14H17NO4/c1-14(8-19-9-14)13(18)15-11(7-12(16)17)10-5-3-2-4-6-10/h2-6,11H,7-9H2,1H3,(H,15,18)(H,16,17)/t11-/m1/s1. The number of hydrogen-bond acceptors (Lipinski definition) is 3. The van der Waals surface area contributed by atoms with Crippen molar-refractivity contribution in [2.75, 3.05) is 13.2 Å². The summed E-state index contributed by atoms with van der Waals surface area (Å²) in [5, 5.41) is 11.8. The highest BCUT2D eigenvalue weighted by Crippen LogP contribution is 2.28. The molecule has 1 aromatic carbocycles. The second kappa shape index (κ2) is 5.40. The van der Waals surface area contributed by atoms with Gasteiger partial charge in [-0.25, -0.2) is 0 Å². The molecular weight excluding hydrogens is 246 g/mol. The molecule has 0 unspecified atom stereocenters. The minimum atomic E-state index is -0.941. The molecule has 1 amide bonds. The molecule has 1 aliphatic heterocycles. The highest BCUT2D eigenvalue weighted by molar-refractivity contribution is 5.84. The molecule has 2 N–H and O–H groups in total. The van der Waals surface area contributed by atoms with Gasteiger partial charge in [0.15, 0.2) is 0 Å². The third-order valence-electron chi connectivity index (χ3n) is 3.28. The molecule has 5 nitrogen and oxygen atoms in total. The van der Waals surface area contributed by atoms with Gasteiger partial charge in [0.1, 0.15) is 0 Å². The van der Waals surface area contributed by atoms with Gasteiger partial charge in [0.05, 0.1) is 31.1 Å². The summed E-state index contributed by atoms with van der Waals surface area (Å²) in [4.78, 5) is 23.1. The Morgan fingerprint density at radius 2 is 2.00 bits per heavy atom. The number of carbonyl (C=O) groups excluding carboxylic acids is 1. The van der Waals surface area contributed by atoms with Gasteiger partial charge in [0, 0.05) is 0 Å². The Balaban J connectivity index is 2.10. The number of carboxylic acid groups (broad SMARTS) is 1. The Bertz CT molecular complexity index is 468. The largest absolute Gasteiger partial charge is 0.481 e. The van der Waals surface area contributed by atoms with Crippen molar-refractivity contribution in [2.45, 2.75) is 19.4 Å². The fourth-order valence-electron chi connectivity index (χ4n) is 1.98. The first-order chi connectivity index (χ1) is 9.01. The predicted octanol–water partition coefficient (Wildman–Crippen LogP) is 1.36. The Hall–Kier alpha value is -1.88. The number of nitrogens with one attached hydrogen (secondary N) is 1. The Labute approximate surface area is 111 Å². The quantitative estimate of drug-likeness (QED) is 0.841. The zero-order chi connectivity index (χ0) is 13.9. The lowest BCUT2D eigenvalue weighted by atomic mass is 9.87. The van der Waals surface area contributed by atoms with Gasteiger partial charge in [0.25, 0.3) is 0 Å². The van der Waals surface area contributed by atoms with E-state index in [0.717, 1.165) is 5.56 Å². The topological polar surface area (TPSA) is 75.6 Å². The van der Waals surface area contributed by atoms with E-state index in [2.05, 4.69) is 5.32 Å². The molecule has 19 heavy (non-hydrogen) atoms. The number of aliphatic carboxylic acids is 1. The summed E-state index contributed by atoms with van der Waals surface area (Å²) >= 11 is 0. The highest BCUT2D eigenvalue weighted by atomic mass is 16.5. The van der Waals surface area contributed by atoms with Gasteiger partial charge in [0.2, 0.25) is 5.91 Å². The molecule has 1 heterocycles. The molecule has 102 valence electrons. The van der Waals surface area contributed by atoms with Crippen molar-refractivity contribution >= 4 is 11.9 Å². The maximum atomic E-state index is 12.1. The van der Waals surface area contributed by atoms with Crippen molar-refractivity contribution < 1.29 is 19.4 Å². The second-order valence-electron chi connectivity index (χ2n) is 5.09. The number of ether oxygens (including phenoxy) is 1. The zero-order valence-electron chi connectivity index (χ0n) is 10.8. The zero-order valence-corrected chi connectivity index (χ0v) is 10.8. The van der Waals surface area contributed by atoms with Crippen molar-refractivity contribution in [3.05, 3.63) is 35.9 Å². The molecule has 5 heteroatoms. The van der Waals surface area contributed by atoms with E-state index >= 15 is 0 Å². The summed E-state index contributed by atoms with van der Waals surface area (Å²) in [6, 6.07) is 8.61. The van der Waals surface area contributed by atoms with Crippen LogP contribution in [0.4, 0.5) is 0 Å². The molecule has 1 saturated heterocycles. The molecule has 1 aliphatic rings. The first-order valence-corrected chi connectivity index (χ1v) is 6.17. The number of amides is 1. The van der Waals surface area contributed by atoms with Gasteiger partial charge in [-0.2, -0.15) is 0 Å². The summed E-state index contributed by atoms with van der Waals surface area (Å²) in [5.74, 6) is -1.10. The first kappa shape index (κ1) is 13.5. The second-order valence-corrected chi connectivity index (χ2v) is 5.09.